The first-order chi connectivity index (χ1) is 2.81. The molecule has 0 saturated carbocycles. The van der Waals surface area contributed by atoms with Gasteiger partial charge in [0.25, 0.3) is 0 Å². The molecule has 0 spiro atoms. The van der Waals surface area contributed by atoms with Crippen molar-refractivity contribution in [1.82, 2.24) is 0 Å². The van der Waals surface area contributed by atoms with Gasteiger partial charge in [-0.1, -0.05) is 0 Å². The molecule has 0 aliphatic rings. The predicted octanol–water partition coefficient (Wildman–Crippen LogP) is -0.884. The molecule has 0 radical (unpaired) electrons. The van der Waals surface area contributed by atoms with Crippen LogP contribution in [-0.2, 0) is 29.0 Å². The molecule has 0 rings (SSSR count). The molecule has 0 aliphatic heterocycles. The van der Waals surface area contributed by atoms with Crippen LogP contribution in [0.1, 0.15) is 0 Å². The molecular weight excluding hydrogens is 147 g/mol. The topological polar surface area (TPSA) is 52.3 Å². The summed E-state index contributed by atoms with van der Waals surface area (Å²) in [5, 5.41) is 0. The average Bonchev–Trinajstić information content (AvgIpc) is 1.65. The van der Waals surface area contributed by atoms with Gasteiger partial charge >= 0.3 is 5.97 Å². The summed E-state index contributed by atoms with van der Waals surface area (Å²) < 4.78 is 4.14. The number of methoxy groups -OCH3 is 1. The third-order valence-electron chi connectivity index (χ3n) is 0.394. The van der Waals surface area contributed by atoms with E-state index in [1.807, 2.05) is 0 Å². The van der Waals surface area contributed by atoms with Gasteiger partial charge in [-0.05, 0) is 0 Å². The van der Waals surface area contributed by atoms with Crippen LogP contribution in [0.25, 0.3) is 0 Å². The van der Waals surface area contributed by atoms with Gasteiger partial charge < -0.3 is 10.5 Å². The quantitative estimate of drug-likeness (QED) is 0.394. The van der Waals surface area contributed by atoms with Crippen LogP contribution in [0.2, 0.25) is 0 Å². The molecule has 0 bridgehead atoms. The van der Waals surface area contributed by atoms with Crippen LogP contribution in [-0.4, -0.2) is 19.6 Å². The number of hydrogen-bond donors (Lipinski definition) is 1. The second-order valence-corrected chi connectivity index (χ2v) is 0.780. The Bertz CT molecular complexity index is 50.9. The summed E-state index contributed by atoms with van der Waals surface area (Å²) in [5.74, 6) is -0.380. The molecule has 0 unspecified atom stereocenters. The van der Waals surface area contributed by atoms with Crippen molar-refractivity contribution in [3.63, 3.8) is 0 Å². The van der Waals surface area contributed by atoms with E-state index in [4.69, 9.17) is 5.73 Å². The summed E-state index contributed by atoms with van der Waals surface area (Å²) >= 11 is 0. The van der Waals surface area contributed by atoms with Gasteiger partial charge in [-0.25, -0.2) is 0 Å². The Morgan fingerprint density at radius 3 is 2.29 bits per heavy atom. The van der Waals surface area contributed by atoms with E-state index >= 15 is 0 Å². The normalized spacial score (nSPS) is 6.57. The maximum Gasteiger partial charge on any atom is 0.319 e. The van der Waals surface area contributed by atoms with Crippen molar-refractivity contribution in [3.8, 4) is 0 Å². The molecule has 0 atom stereocenters. The molecule has 0 heterocycles. The zero-order chi connectivity index (χ0) is 4.99. The van der Waals surface area contributed by atoms with Crippen molar-refractivity contribution >= 4 is 5.97 Å². The maximum atomic E-state index is 9.83. The number of carbonyl (C=O) groups is 1. The van der Waals surface area contributed by atoms with Gasteiger partial charge in [-0.3, -0.25) is 4.79 Å². The fourth-order valence-electron chi connectivity index (χ4n) is 0.0833. The third-order valence-corrected chi connectivity index (χ3v) is 0.394. The molecule has 0 fully saturated rings. The standard InChI is InChI=1S/C3H7NO2.Zn/c1-6-3(5)2-4;/h2,4H2,1H3;. The van der Waals surface area contributed by atoms with Gasteiger partial charge in [0, 0.05) is 19.5 Å². The Balaban J connectivity index is 0. The summed E-state index contributed by atoms with van der Waals surface area (Å²) in [7, 11) is 1.30. The first-order valence-corrected chi connectivity index (χ1v) is 1.58. The van der Waals surface area contributed by atoms with Crippen molar-refractivity contribution in [2.45, 2.75) is 0 Å². The van der Waals surface area contributed by atoms with Crippen molar-refractivity contribution in [2.75, 3.05) is 13.7 Å². The van der Waals surface area contributed by atoms with Gasteiger partial charge in [0.05, 0.1) is 13.7 Å². The van der Waals surface area contributed by atoms with Gasteiger partial charge in [-0.2, -0.15) is 0 Å². The van der Waals surface area contributed by atoms with E-state index in [1.165, 1.54) is 7.11 Å². The average molecular weight is 154 g/mol. The first-order valence-electron chi connectivity index (χ1n) is 1.58. The molecule has 0 saturated heterocycles. The molecule has 3 nitrogen and oxygen atoms in total. The molecule has 7 heavy (non-hydrogen) atoms. The van der Waals surface area contributed by atoms with E-state index in [2.05, 4.69) is 4.74 Å². The van der Waals surface area contributed by atoms with Gasteiger partial charge in [0.2, 0.25) is 0 Å². The molecule has 0 aromatic rings. The Morgan fingerprint density at radius 2 is 2.29 bits per heavy atom. The molecule has 0 amide bonds. The number of rotatable bonds is 1. The van der Waals surface area contributed by atoms with Crippen LogP contribution in [0.4, 0.5) is 0 Å². The monoisotopic (exact) mass is 153 g/mol. The van der Waals surface area contributed by atoms with E-state index in [1.54, 1.807) is 0 Å². The second kappa shape index (κ2) is 6.05. The molecule has 4 heteroatoms. The maximum absolute atomic E-state index is 9.83. The number of hydrogen-bond acceptors (Lipinski definition) is 3. The minimum Gasteiger partial charge on any atom is -0.468 e. The summed E-state index contributed by atoms with van der Waals surface area (Å²) in [6.45, 7) is -0.0312. The number of ether oxygens (including phenoxy) is 1. The fourth-order valence-corrected chi connectivity index (χ4v) is 0.0833. The smallest absolute Gasteiger partial charge is 0.319 e. The van der Waals surface area contributed by atoms with Crippen molar-refractivity contribution in [3.05, 3.63) is 0 Å². The van der Waals surface area contributed by atoms with Gasteiger partial charge in [-0.15, -0.1) is 0 Å². The minimum absolute atomic E-state index is 0. The van der Waals surface area contributed by atoms with Gasteiger partial charge in [0.1, 0.15) is 0 Å². The molecule has 0 aromatic carbocycles. The Labute approximate surface area is 55.0 Å². The number of nitrogens with two attached hydrogens (primary N) is 1. The SMILES string of the molecule is COC(=O)CN.[Zn]. The van der Waals surface area contributed by atoms with Crippen molar-refractivity contribution < 1.29 is 29.0 Å². The van der Waals surface area contributed by atoms with E-state index in [-0.39, 0.29) is 32.0 Å². The summed E-state index contributed by atoms with van der Waals surface area (Å²) in [5.41, 5.74) is 4.81. The Hall–Kier alpha value is 0.0534. The van der Waals surface area contributed by atoms with Crippen LogP contribution in [0, 0.1) is 0 Å². The van der Waals surface area contributed by atoms with Crippen LogP contribution in [0.15, 0.2) is 0 Å². The number of esters is 1. The molecule has 2 N–H and O–H groups in total. The molecule has 38 valence electrons. The van der Waals surface area contributed by atoms with E-state index in [0.29, 0.717) is 0 Å². The van der Waals surface area contributed by atoms with Crippen LogP contribution in [0.3, 0.4) is 0 Å². The van der Waals surface area contributed by atoms with E-state index in [0.717, 1.165) is 0 Å². The molecular formula is C3H7NO2Zn. The number of carbonyl (C=O) groups excluding carboxylic acids is 1. The second-order valence-electron chi connectivity index (χ2n) is 0.780. The van der Waals surface area contributed by atoms with E-state index < -0.39 is 0 Å². The summed E-state index contributed by atoms with van der Waals surface area (Å²) in [4.78, 5) is 9.83. The third kappa shape index (κ3) is 6.05. The van der Waals surface area contributed by atoms with Crippen molar-refractivity contribution in [1.29, 1.82) is 0 Å². The van der Waals surface area contributed by atoms with Crippen molar-refractivity contribution in [2.24, 2.45) is 5.73 Å². The summed E-state index contributed by atoms with van der Waals surface area (Å²) in [6.07, 6.45) is 0. The van der Waals surface area contributed by atoms with Crippen LogP contribution < -0.4 is 5.73 Å². The molecule has 0 aromatic heterocycles. The minimum atomic E-state index is -0.380. The Morgan fingerprint density at radius 1 is 1.86 bits per heavy atom. The predicted molar refractivity (Wildman–Crippen MR) is 21.1 cm³/mol. The zero-order valence-corrected chi connectivity index (χ0v) is 7.28. The van der Waals surface area contributed by atoms with Crippen LogP contribution in [0.5, 0.6) is 0 Å². The zero-order valence-electron chi connectivity index (χ0n) is 4.31. The van der Waals surface area contributed by atoms with Gasteiger partial charge in [0.15, 0.2) is 0 Å². The summed E-state index contributed by atoms with van der Waals surface area (Å²) in [6, 6.07) is 0. The molecule has 0 aliphatic carbocycles. The van der Waals surface area contributed by atoms with E-state index in [9.17, 15) is 4.79 Å². The fraction of sp³-hybridized carbons (Fsp3) is 0.667. The van der Waals surface area contributed by atoms with Crippen LogP contribution >= 0.6 is 0 Å². The Kier molecular flexibility index (Phi) is 8.75. The first kappa shape index (κ1) is 10.1. The largest absolute Gasteiger partial charge is 0.468 e.